The average Bonchev–Trinajstić information content (AvgIpc) is 3.22. The maximum atomic E-state index is 13.0. The van der Waals surface area contributed by atoms with Gasteiger partial charge in [-0.25, -0.2) is 4.98 Å². The minimum Gasteiger partial charge on any atom is -0.351 e. The molecule has 0 radical (unpaired) electrons. The van der Waals surface area contributed by atoms with Gasteiger partial charge in [0.15, 0.2) is 0 Å². The van der Waals surface area contributed by atoms with Gasteiger partial charge in [-0.15, -0.1) is 11.3 Å². The van der Waals surface area contributed by atoms with Gasteiger partial charge >= 0.3 is 0 Å². The molecule has 0 bridgehead atoms. The summed E-state index contributed by atoms with van der Waals surface area (Å²) in [5, 5.41) is 7.49. The monoisotopic (exact) mass is 426 g/mol. The zero-order chi connectivity index (χ0) is 21.1. The van der Waals surface area contributed by atoms with Crippen LogP contribution in [0.2, 0.25) is 0 Å². The van der Waals surface area contributed by atoms with Gasteiger partial charge in [0.2, 0.25) is 5.91 Å². The largest absolute Gasteiger partial charge is 0.351 e. The molecule has 1 fully saturated rings. The molecule has 0 unspecified atom stereocenters. The molecule has 0 aliphatic carbocycles. The number of carbonyl (C=O) groups excluding carboxylic acids is 2. The fraction of sp³-hybridized carbons (Fsp3) is 0.455. The van der Waals surface area contributed by atoms with Gasteiger partial charge < -0.3 is 14.7 Å². The van der Waals surface area contributed by atoms with E-state index in [9.17, 15) is 9.59 Å². The quantitative estimate of drug-likeness (QED) is 0.664. The van der Waals surface area contributed by atoms with Crippen LogP contribution in [-0.2, 0) is 4.79 Å². The molecule has 7 nitrogen and oxygen atoms in total. The smallest absolute Gasteiger partial charge is 0.259 e. The summed E-state index contributed by atoms with van der Waals surface area (Å²) in [4.78, 5) is 34.1. The van der Waals surface area contributed by atoms with Crippen LogP contribution in [0.1, 0.15) is 53.0 Å². The van der Waals surface area contributed by atoms with Crippen LogP contribution >= 0.6 is 11.3 Å². The first-order valence-corrected chi connectivity index (χ1v) is 11.2. The fourth-order valence-corrected chi connectivity index (χ4v) is 4.66. The van der Waals surface area contributed by atoms with Crippen LogP contribution in [0.15, 0.2) is 22.7 Å². The van der Waals surface area contributed by atoms with Crippen molar-refractivity contribution in [3.63, 3.8) is 0 Å². The van der Waals surface area contributed by atoms with Crippen molar-refractivity contribution in [2.45, 2.75) is 46.0 Å². The van der Waals surface area contributed by atoms with E-state index in [1.165, 1.54) is 17.7 Å². The van der Waals surface area contributed by atoms with Crippen molar-refractivity contribution < 1.29 is 14.1 Å². The van der Waals surface area contributed by atoms with Crippen LogP contribution in [0.5, 0.6) is 0 Å². The number of rotatable bonds is 5. The van der Waals surface area contributed by atoms with Crippen molar-refractivity contribution >= 4 is 34.3 Å². The number of nitrogens with zero attached hydrogens (tertiary/aromatic N) is 3. The molecule has 2 amide bonds. The van der Waals surface area contributed by atoms with Gasteiger partial charge in [0.25, 0.3) is 11.6 Å². The van der Waals surface area contributed by atoms with Gasteiger partial charge in [-0.05, 0) is 44.9 Å². The van der Waals surface area contributed by atoms with Crippen LogP contribution in [0.3, 0.4) is 0 Å². The Morgan fingerprint density at radius 2 is 1.93 bits per heavy atom. The van der Waals surface area contributed by atoms with E-state index in [0.29, 0.717) is 41.0 Å². The lowest BCUT2D eigenvalue weighted by Crippen LogP contribution is -2.35. The molecule has 0 spiro atoms. The Balaban J connectivity index is 1.49. The highest BCUT2D eigenvalue weighted by Gasteiger charge is 2.21. The molecule has 4 rings (SSSR count). The number of thiophene rings is 1. The molecule has 3 aromatic heterocycles. The summed E-state index contributed by atoms with van der Waals surface area (Å²) < 4.78 is 5.35. The second-order valence-electron chi connectivity index (χ2n) is 7.71. The molecule has 4 heterocycles. The van der Waals surface area contributed by atoms with Crippen LogP contribution in [0, 0.1) is 13.8 Å². The molecular weight excluding hydrogens is 400 g/mol. The lowest BCUT2D eigenvalue weighted by molar-refractivity contribution is -0.131. The fourth-order valence-electron chi connectivity index (χ4n) is 3.83. The molecule has 1 aliphatic heterocycles. The number of likely N-dealkylation sites (tertiary alicyclic amines) is 1. The molecule has 1 saturated heterocycles. The van der Waals surface area contributed by atoms with Gasteiger partial charge in [-0.3, -0.25) is 9.59 Å². The normalized spacial score (nSPS) is 14.7. The molecule has 30 heavy (non-hydrogen) atoms. The highest BCUT2D eigenvalue weighted by molar-refractivity contribution is 7.15. The number of pyridine rings is 1. The van der Waals surface area contributed by atoms with Crippen molar-refractivity contribution in [1.82, 2.24) is 20.4 Å². The van der Waals surface area contributed by atoms with E-state index in [2.05, 4.69) is 15.5 Å². The van der Waals surface area contributed by atoms with Gasteiger partial charge in [0.05, 0.1) is 27.2 Å². The molecule has 8 heteroatoms. The first-order valence-electron chi connectivity index (χ1n) is 10.4. The van der Waals surface area contributed by atoms with Crippen LogP contribution in [0.4, 0.5) is 0 Å². The zero-order valence-corrected chi connectivity index (χ0v) is 18.2. The molecule has 0 aromatic carbocycles. The molecular formula is C22H26N4O3S. The topological polar surface area (TPSA) is 88.3 Å². The molecule has 158 valence electrons. The predicted octanol–water partition coefficient (Wildman–Crippen LogP) is 4.09. The van der Waals surface area contributed by atoms with E-state index in [1.807, 2.05) is 24.0 Å². The Morgan fingerprint density at radius 1 is 1.17 bits per heavy atom. The van der Waals surface area contributed by atoms with Crippen LogP contribution < -0.4 is 5.32 Å². The van der Waals surface area contributed by atoms with E-state index in [-0.39, 0.29) is 11.8 Å². The van der Waals surface area contributed by atoms with Crippen molar-refractivity contribution in [3.8, 4) is 10.6 Å². The summed E-state index contributed by atoms with van der Waals surface area (Å²) in [5.41, 5.74) is 2.13. The lowest BCUT2D eigenvalue weighted by Gasteiger charge is -2.20. The number of aromatic nitrogens is 2. The third kappa shape index (κ3) is 4.38. The van der Waals surface area contributed by atoms with Crippen LogP contribution in [-0.4, -0.2) is 46.5 Å². The van der Waals surface area contributed by atoms with Gasteiger partial charge in [-0.1, -0.05) is 18.0 Å². The average molecular weight is 427 g/mol. The summed E-state index contributed by atoms with van der Waals surface area (Å²) in [6.07, 6.45) is 4.79. The first kappa shape index (κ1) is 20.5. The molecule has 0 atom stereocenters. The van der Waals surface area contributed by atoms with Gasteiger partial charge in [0.1, 0.15) is 0 Å². The minimum absolute atomic E-state index is 0.105. The molecule has 1 N–H and O–H groups in total. The maximum Gasteiger partial charge on any atom is 0.259 e. The molecule has 3 aromatic rings. The summed E-state index contributed by atoms with van der Waals surface area (Å²) >= 11 is 1.61. The maximum absolute atomic E-state index is 13.0. The van der Waals surface area contributed by atoms with E-state index >= 15 is 0 Å². The van der Waals surface area contributed by atoms with Crippen molar-refractivity contribution in [3.05, 3.63) is 34.3 Å². The zero-order valence-electron chi connectivity index (χ0n) is 17.4. The van der Waals surface area contributed by atoms with E-state index in [4.69, 9.17) is 4.52 Å². The minimum atomic E-state index is -0.244. The number of amides is 2. The summed E-state index contributed by atoms with van der Waals surface area (Å²) in [7, 11) is 0. The molecule has 1 aliphatic rings. The Morgan fingerprint density at radius 3 is 2.63 bits per heavy atom. The number of nitrogens with one attached hydrogen (secondary N) is 1. The van der Waals surface area contributed by atoms with E-state index < -0.39 is 0 Å². The number of fused-ring (bicyclic) bond motifs is 1. The predicted molar refractivity (Wildman–Crippen MR) is 117 cm³/mol. The Kier molecular flexibility index (Phi) is 6.13. The Labute approximate surface area is 179 Å². The number of hydrogen-bond acceptors (Lipinski definition) is 6. The third-order valence-electron chi connectivity index (χ3n) is 5.44. The highest BCUT2D eigenvalue weighted by Crippen LogP contribution is 2.31. The first-order chi connectivity index (χ1) is 14.5. The summed E-state index contributed by atoms with van der Waals surface area (Å²) in [6, 6.07) is 5.79. The molecule has 0 saturated carbocycles. The van der Waals surface area contributed by atoms with Crippen molar-refractivity contribution in [2.75, 3.05) is 19.6 Å². The lowest BCUT2D eigenvalue weighted by atomic mass is 10.1. The standard InChI is InChI=1S/C22H26N4O3S/c1-14-7-8-18(30-14)17-13-16(20-15(2)25-29-22(20)24-17)21(28)23-10-9-19(27)26-11-5-3-4-6-12-26/h7-8,13H,3-6,9-12H2,1-2H3,(H,23,28). The van der Waals surface area contributed by atoms with Gasteiger partial charge in [0, 0.05) is 30.9 Å². The highest BCUT2D eigenvalue weighted by atomic mass is 32.1. The van der Waals surface area contributed by atoms with E-state index in [0.717, 1.165) is 30.8 Å². The van der Waals surface area contributed by atoms with Crippen LogP contribution in [0.25, 0.3) is 21.7 Å². The second-order valence-corrected chi connectivity index (χ2v) is 9.00. The van der Waals surface area contributed by atoms with Crippen molar-refractivity contribution in [2.24, 2.45) is 0 Å². The Bertz CT molecular complexity index is 1060. The van der Waals surface area contributed by atoms with E-state index in [1.54, 1.807) is 24.3 Å². The van der Waals surface area contributed by atoms with Gasteiger partial charge in [-0.2, -0.15) is 0 Å². The van der Waals surface area contributed by atoms with Crippen molar-refractivity contribution in [1.29, 1.82) is 0 Å². The summed E-state index contributed by atoms with van der Waals surface area (Å²) in [5.74, 6) is -0.139. The SMILES string of the molecule is Cc1ccc(-c2cc(C(=O)NCCC(=O)N3CCCCCC3)c3c(C)noc3n2)s1. The second kappa shape index (κ2) is 8.95. The summed E-state index contributed by atoms with van der Waals surface area (Å²) in [6.45, 7) is 5.76. The number of hydrogen-bond donors (Lipinski definition) is 1. The number of carbonyl (C=O) groups is 2. The third-order valence-corrected chi connectivity index (χ3v) is 6.46. The Hall–Kier alpha value is -2.74. The number of aryl methyl sites for hydroxylation is 2.